The second-order valence-electron chi connectivity index (χ2n) is 2.88. The first-order valence-corrected chi connectivity index (χ1v) is 4.09. The van der Waals surface area contributed by atoms with Crippen LogP contribution in [0.2, 0.25) is 0 Å². The summed E-state index contributed by atoms with van der Waals surface area (Å²) in [5.41, 5.74) is 0.308. The van der Waals surface area contributed by atoms with E-state index in [1.807, 2.05) is 0 Å². The van der Waals surface area contributed by atoms with Gasteiger partial charge in [-0.15, -0.1) is 6.42 Å². The molecule has 0 N–H and O–H groups in total. The van der Waals surface area contributed by atoms with E-state index >= 15 is 0 Å². The van der Waals surface area contributed by atoms with Crippen LogP contribution in [0.3, 0.4) is 0 Å². The standard InChI is InChI=1S/C11H10FNO/c1-3-7-13(2)11(14)9-5-4-6-10(12)8-9/h1,4-6,8H,7H2,2H3. The van der Waals surface area contributed by atoms with Crippen LogP contribution in [-0.4, -0.2) is 24.4 Å². The maximum absolute atomic E-state index is 12.8. The Morgan fingerprint density at radius 3 is 2.93 bits per heavy atom. The zero-order chi connectivity index (χ0) is 10.6. The van der Waals surface area contributed by atoms with Crippen LogP contribution in [0.25, 0.3) is 0 Å². The highest BCUT2D eigenvalue weighted by Gasteiger charge is 2.10. The molecule has 0 fully saturated rings. The fraction of sp³-hybridized carbons (Fsp3) is 0.182. The highest BCUT2D eigenvalue weighted by atomic mass is 19.1. The molecule has 0 bridgehead atoms. The molecule has 0 unspecified atom stereocenters. The number of carbonyl (C=O) groups excluding carboxylic acids is 1. The molecule has 0 aromatic heterocycles. The Kier molecular flexibility index (Phi) is 3.24. The maximum Gasteiger partial charge on any atom is 0.254 e. The van der Waals surface area contributed by atoms with E-state index in [1.54, 1.807) is 13.1 Å². The molecule has 1 amide bonds. The zero-order valence-electron chi connectivity index (χ0n) is 7.83. The molecule has 0 radical (unpaired) electrons. The van der Waals surface area contributed by atoms with Crippen LogP contribution in [0.4, 0.5) is 4.39 Å². The fourth-order valence-electron chi connectivity index (χ4n) is 1.05. The summed E-state index contributed by atoms with van der Waals surface area (Å²) < 4.78 is 12.8. The number of carbonyl (C=O) groups is 1. The molecule has 0 saturated carbocycles. The van der Waals surface area contributed by atoms with Crippen LogP contribution in [0.1, 0.15) is 10.4 Å². The molecule has 0 saturated heterocycles. The minimum absolute atomic E-state index is 0.218. The Balaban J connectivity index is 2.85. The molecule has 0 atom stereocenters. The van der Waals surface area contributed by atoms with Crippen LogP contribution >= 0.6 is 0 Å². The van der Waals surface area contributed by atoms with E-state index in [9.17, 15) is 9.18 Å². The molecule has 3 heteroatoms. The van der Waals surface area contributed by atoms with Gasteiger partial charge in [-0.05, 0) is 18.2 Å². The van der Waals surface area contributed by atoms with Crippen LogP contribution in [0, 0.1) is 18.2 Å². The average Bonchev–Trinajstić information content (AvgIpc) is 2.17. The van der Waals surface area contributed by atoms with Gasteiger partial charge in [-0.2, -0.15) is 0 Å². The lowest BCUT2D eigenvalue weighted by Crippen LogP contribution is -2.26. The van der Waals surface area contributed by atoms with Crippen LogP contribution < -0.4 is 0 Å². The number of rotatable bonds is 2. The lowest BCUT2D eigenvalue weighted by Gasteiger charge is -2.13. The number of amides is 1. The van der Waals surface area contributed by atoms with Crippen molar-refractivity contribution >= 4 is 5.91 Å². The molecule has 72 valence electrons. The second kappa shape index (κ2) is 4.43. The van der Waals surface area contributed by atoms with E-state index in [-0.39, 0.29) is 12.5 Å². The summed E-state index contributed by atoms with van der Waals surface area (Å²) in [4.78, 5) is 12.9. The zero-order valence-corrected chi connectivity index (χ0v) is 7.83. The molecule has 14 heavy (non-hydrogen) atoms. The largest absolute Gasteiger partial charge is 0.331 e. The maximum atomic E-state index is 12.8. The molecule has 1 aromatic carbocycles. The highest BCUT2D eigenvalue weighted by molar-refractivity contribution is 5.94. The van der Waals surface area contributed by atoms with Gasteiger partial charge in [-0.3, -0.25) is 4.79 Å². The van der Waals surface area contributed by atoms with Gasteiger partial charge in [-0.1, -0.05) is 12.0 Å². The monoisotopic (exact) mass is 191 g/mol. The van der Waals surface area contributed by atoms with Crippen molar-refractivity contribution in [1.29, 1.82) is 0 Å². The third-order valence-corrected chi connectivity index (χ3v) is 1.75. The third-order valence-electron chi connectivity index (χ3n) is 1.75. The first kappa shape index (κ1) is 10.3. The lowest BCUT2D eigenvalue weighted by atomic mass is 10.2. The summed E-state index contributed by atoms with van der Waals surface area (Å²) in [6, 6.07) is 5.53. The van der Waals surface area contributed by atoms with E-state index in [0.717, 1.165) is 0 Å². The van der Waals surface area contributed by atoms with Gasteiger partial charge in [0.2, 0.25) is 0 Å². The summed E-state index contributed by atoms with van der Waals surface area (Å²) in [5.74, 6) is 1.64. The summed E-state index contributed by atoms with van der Waals surface area (Å²) in [6.45, 7) is 0.218. The van der Waals surface area contributed by atoms with Gasteiger partial charge in [0, 0.05) is 12.6 Å². The lowest BCUT2D eigenvalue weighted by molar-refractivity contribution is 0.0812. The van der Waals surface area contributed by atoms with Gasteiger partial charge in [0.25, 0.3) is 5.91 Å². The molecule has 0 aliphatic heterocycles. The highest BCUT2D eigenvalue weighted by Crippen LogP contribution is 2.05. The van der Waals surface area contributed by atoms with E-state index in [2.05, 4.69) is 5.92 Å². The van der Waals surface area contributed by atoms with E-state index in [1.165, 1.54) is 23.1 Å². The molecule has 2 nitrogen and oxygen atoms in total. The van der Waals surface area contributed by atoms with Crippen molar-refractivity contribution in [2.24, 2.45) is 0 Å². The van der Waals surface area contributed by atoms with Crippen molar-refractivity contribution in [3.8, 4) is 12.3 Å². The molecule has 0 heterocycles. The predicted molar refractivity (Wildman–Crippen MR) is 52.2 cm³/mol. The van der Waals surface area contributed by atoms with E-state index in [0.29, 0.717) is 5.56 Å². The van der Waals surface area contributed by atoms with Gasteiger partial charge in [0.15, 0.2) is 0 Å². The van der Waals surface area contributed by atoms with Gasteiger partial charge >= 0.3 is 0 Å². The van der Waals surface area contributed by atoms with E-state index < -0.39 is 5.82 Å². The molecule has 1 rings (SSSR count). The van der Waals surface area contributed by atoms with Gasteiger partial charge in [0.1, 0.15) is 5.82 Å². The van der Waals surface area contributed by atoms with Crippen molar-refractivity contribution in [3.63, 3.8) is 0 Å². The second-order valence-corrected chi connectivity index (χ2v) is 2.88. The van der Waals surface area contributed by atoms with E-state index in [4.69, 9.17) is 6.42 Å². The van der Waals surface area contributed by atoms with Gasteiger partial charge in [0.05, 0.1) is 6.54 Å². The normalized spacial score (nSPS) is 9.21. The van der Waals surface area contributed by atoms with Crippen LogP contribution in [0.5, 0.6) is 0 Å². The van der Waals surface area contributed by atoms with Crippen molar-refractivity contribution in [2.45, 2.75) is 0 Å². The summed E-state index contributed by atoms with van der Waals surface area (Å²) >= 11 is 0. The number of nitrogens with zero attached hydrogens (tertiary/aromatic N) is 1. The minimum Gasteiger partial charge on any atom is -0.331 e. The van der Waals surface area contributed by atoms with Crippen molar-refractivity contribution in [1.82, 2.24) is 4.90 Å². The van der Waals surface area contributed by atoms with Crippen LogP contribution in [-0.2, 0) is 0 Å². The van der Waals surface area contributed by atoms with Crippen molar-refractivity contribution < 1.29 is 9.18 Å². The molecule has 0 aliphatic carbocycles. The fourth-order valence-corrected chi connectivity index (χ4v) is 1.05. The molecular formula is C11H10FNO. The number of hydrogen-bond acceptors (Lipinski definition) is 1. The first-order valence-electron chi connectivity index (χ1n) is 4.09. The SMILES string of the molecule is C#CCN(C)C(=O)c1cccc(F)c1. The van der Waals surface area contributed by atoms with Gasteiger partial charge in [-0.25, -0.2) is 4.39 Å². The Hall–Kier alpha value is -1.82. The summed E-state index contributed by atoms with van der Waals surface area (Å²) in [5, 5.41) is 0. The van der Waals surface area contributed by atoms with Crippen molar-refractivity contribution in [2.75, 3.05) is 13.6 Å². The predicted octanol–water partition coefficient (Wildman–Crippen LogP) is 1.53. The third kappa shape index (κ3) is 2.33. The number of terminal acetylenes is 1. The number of halogens is 1. The minimum atomic E-state index is -0.426. The Bertz CT molecular complexity index is 381. The quantitative estimate of drug-likeness (QED) is 0.649. The summed E-state index contributed by atoms with van der Waals surface area (Å²) in [7, 11) is 1.58. The van der Waals surface area contributed by atoms with Crippen LogP contribution in [0.15, 0.2) is 24.3 Å². The van der Waals surface area contributed by atoms with Crippen molar-refractivity contribution in [3.05, 3.63) is 35.6 Å². The summed E-state index contributed by atoms with van der Waals surface area (Å²) in [6.07, 6.45) is 5.06. The topological polar surface area (TPSA) is 20.3 Å². The van der Waals surface area contributed by atoms with Gasteiger partial charge < -0.3 is 4.90 Å². The number of benzene rings is 1. The molecule has 1 aromatic rings. The first-order chi connectivity index (χ1) is 6.65. The Morgan fingerprint density at radius 1 is 1.64 bits per heavy atom. The smallest absolute Gasteiger partial charge is 0.254 e. The Morgan fingerprint density at radius 2 is 2.36 bits per heavy atom. The molecule has 0 aliphatic rings. The number of hydrogen-bond donors (Lipinski definition) is 0. The molecule has 0 spiro atoms. The average molecular weight is 191 g/mol. The molecular weight excluding hydrogens is 181 g/mol. The Labute approximate surface area is 82.3 Å².